The summed E-state index contributed by atoms with van der Waals surface area (Å²) < 4.78 is 4.33. The van der Waals surface area contributed by atoms with Crippen LogP contribution in [-0.4, -0.2) is 20.4 Å². The Morgan fingerprint density at radius 1 is 1.10 bits per heavy atom. The van der Waals surface area contributed by atoms with Crippen molar-refractivity contribution in [2.24, 2.45) is 5.10 Å². The molecular weight excluding hydrogens is 440 g/mol. The van der Waals surface area contributed by atoms with Gasteiger partial charge in [-0.05, 0) is 73.9 Å². The van der Waals surface area contributed by atoms with Crippen molar-refractivity contribution in [1.29, 1.82) is 0 Å². The van der Waals surface area contributed by atoms with Crippen LogP contribution in [0.15, 0.2) is 69.1 Å². The first-order chi connectivity index (χ1) is 14.5. The van der Waals surface area contributed by atoms with Crippen molar-refractivity contribution < 1.29 is 0 Å². The Balaban J connectivity index is 1.81. The molecule has 0 fully saturated rings. The number of aryl methyl sites for hydroxylation is 3. The van der Waals surface area contributed by atoms with Gasteiger partial charge in [-0.25, -0.2) is 4.98 Å². The predicted molar refractivity (Wildman–Crippen MR) is 126 cm³/mol. The van der Waals surface area contributed by atoms with Crippen LogP contribution in [0.3, 0.4) is 0 Å². The van der Waals surface area contributed by atoms with E-state index < -0.39 is 0 Å². The highest BCUT2D eigenvalue weighted by molar-refractivity contribution is 9.10. The first-order valence-electron chi connectivity index (χ1n) is 9.98. The second-order valence-corrected chi connectivity index (χ2v) is 8.29. The number of benzene rings is 2. The van der Waals surface area contributed by atoms with Crippen molar-refractivity contribution in [3.8, 4) is 5.69 Å². The van der Waals surface area contributed by atoms with Gasteiger partial charge in [-0.1, -0.05) is 28.9 Å². The highest BCUT2D eigenvalue weighted by atomic mass is 79.9. The maximum Gasteiger partial charge on any atom is 0.282 e. The Morgan fingerprint density at radius 3 is 2.70 bits per heavy atom. The highest BCUT2D eigenvalue weighted by Gasteiger charge is 2.11. The number of rotatable bonds is 5. The summed E-state index contributed by atoms with van der Waals surface area (Å²) in [6.07, 6.45) is 5.28. The zero-order chi connectivity index (χ0) is 21.3. The van der Waals surface area contributed by atoms with Crippen molar-refractivity contribution in [3.05, 3.63) is 92.2 Å². The van der Waals surface area contributed by atoms with Gasteiger partial charge >= 0.3 is 0 Å². The van der Waals surface area contributed by atoms with Crippen molar-refractivity contribution in [3.63, 3.8) is 0 Å². The molecule has 0 saturated heterocycles. The Morgan fingerprint density at radius 2 is 1.93 bits per heavy atom. The molecule has 30 heavy (non-hydrogen) atoms. The van der Waals surface area contributed by atoms with E-state index in [4.69, 9.17) is 4.98 Å². The fraction of sp³-hybridized carbons (Fsp3) is 0.208. The summed E-state index contributed by atoms with van der Waals surface area (Å²) in [5, 5.41) is 5.10. The molecule has 0 saturated carbocycles. The number of halogens is 1. The SMILES string of the molecule is CCCc1nc2ccc(Br)cc2c(=O)n1N=Cc1cccn1-c1ccc(C)c(C)c1. The van der Waals surface area contributed by atoms with Gasteiger partial charge in [-0.3, -0.25) is 4.79 Å². The first-order valence-corrected chi connectivity index (χ1v) is 10.8. The molecule has 4 rings (SSSR count). The van der Waals surface area contributed by atoms with E-state index in [0.29, 0.717) is 23.1 Å². The third-order valence-corrected chi connectivity index (χ3v) is 5.70. The van der Waals surface area contributed by atoms with E-state index in [-0.39, 0.29) is 5.56 Å². The molecule has 0 spiro atoms. The lowest BCUT2D eigenvalue weighted by Gasteiger charge is -2.10. The number of fused-ring (bicyclic) bond motifs is 1. The van der Waals surface area contributed by atoms with Crippen LogP contribution in [-0.2, 0) is 6.42 Å². The predicted octanol–water partition coefficient (Wildman–Crippen LogP) is 5.40. The van der Waals surface area contributed by atoms with E-state index in [1.165, 1.54) is 15.8 Å². The van der Waals surface area contributed by atoms with Crippen LogP contribution in [0.2, 0.25) is 0 Å². The van der Waals surface area contributed by atoms with Gasteiger partial charge in [-0.2, -0.15) is 9.78 Å². The van der Waals surface area contributed by atoms with E-state index in [1.54, 1.807) is 12.3 Å². The molecule has 2 heterocycles. The van der Waals surface area contributed by atoms with Crippen LogP contribution in [0.4, 0.5) is 0 Å². The molecule has 0 aliphatic rings. The molecule has 4 aromatic rings. The van der Waals surface area contributed by atoms with Crippen LogP contribution in [0.5, 0.6) is 0 Å². The summed E-state index contributed by atoms with van der Waals surface area (Å²) in [5.74, 6) is 0.665. The number of nitrogens with zero attached hydrogens (tertiary/aromatic N) is 4. The molecule has 0 radical (unpaired) electrons. The van der Waals surface area contributed by atoms with Crippen LogP contribution in [0.1, 0.15) is 36.0 Å². The fourth-order valence-corrected chi connectivity index (χ4v) is 3.79. The average molecular weight is 463 g/mol. The quantitative estimate of drug-likeness (QED) is 0.372. The molecular formula is C24H23BrN4O. The molecule has 0 aliphatic heterocycles. The van der Waals surface area contributed by atoms with Crippen molar-refractivity contribution >= 4 is 33.0 Å². The Bertz CT molecular complexity index is 1320. The van der Waals surface area contributed by atoms with Gasteiger partial charge < -0.3 is 4.57 Å². The van der Waals surface area contributed by atoms with Crippen LogP contribution in [0, 0.1) is 13.8 Å². The van der Waals surface area contributed by atoms with Crippen molar-refractivity contribution in [2.45, 2.75) is 33.6 Å². The topological polar surface area (TPSA) is 52.2 Å². The molecule has 0 amide bonds. The average Bonchev–Trinajstić information content (AvgIpc) is 3.19. The standard InChI is InChI=1S/C24H23BrN4O/c1-4-6-23-27-22-11-9-18(25)14-21(22)24(30)29(23)26-15-20-7-5-12-28(20)19-10-8-16(2)17(3)13-19/h5,7-15H,4,6H2,1-3H3. The minimum Gasteiger partial charge on any atom is -0.316 e. The minimum atomic E-state index is -0.162. The summed E-state index contributed by atoms with van der Waals surface area (Å²) in [6, 6.07) is 15.9. The van der Waals surface area contributed by atoms with Gasteiger partial charge in [0.2, 0.25) is 0 Å². The second kappa shape index (κ2) is 8.40. The van der Waals surface area contributed by atoms with E-state index >= 15 is 0 Å². The summed E-state index contributed by atoms with van der Waals surface area (Å²) >= 11 is 3.44. The van der Waals surface area contributed by atoms with Crippen molar-refractivity contribution in [2.75, 3.05) is 0 Å². The molecule has 2 aromatic heterocycles. The summed E-state index contributed by atoms with van der Waals surface area (Å²) in [6.45, 7) is 6.27. The Hall–Kier alpha value is -2.99. The summed E-state index contributed by atoms with van der Waals surface area (Å²) in [7, 11) is 0. The molecule has 5 nitrogen and oxygen atoms in total. The lowest BCUT2D eigenvalue weighted by Crippen LogP contribution is -2.22. The van der Waals surface area contributed by atoms with Crippen LogP contribution >= 0.6 is 15.9 Å². The Kier molecular flexibility index (Phi) is 5.68. The van der Waals surface area contributed by atoms with Gasteiger partial charge in [0.25, 0.3) is 5.56 Å². The molecule has 152 valence electrons. The van der Waals surface area contributed by atoms with E-state index in [9.17, 15) is 4.79 Å². The largest absolute Gasteiger partial charge is 0.316 e. The van der Waals surface area contributed by atoms with E-state index in [2.05, 4.69) is 64.6 Å². The van der Waals surface area contributed by atoms with E-state index in [1.807, 2.05) is 30.5 Å². The van der Waals surface area contributed by atoms with E-state index in [0.717, 1.165) is 22.3 Å². The lowest BCUT2D eigenvalue weighted by atomic mass is 10.1. The molecule has 0 atom stereocenters. The normalized spacial score (nSPS) is 11.6. The molecule has 0 bridgehead atoms. The first kappa shape index (κ1) is 20.3. The van der Waals surface area contributed by atoms with Gasteiger partial charge in [0.1, 0.15) is 5.82 Å². The number of hydrogen-bond acceptors (Lipinski definition) is 3. The molecule has 0 unspecified atom stereocenters. The monoisotopic (exact) mass is 462 g/mol. The van der Waals surface area contributed by atoms with Gasteiger partial charge in [-0.15, -0.1) is 0 Å². The molecule has 2 aromatic carbocycles. The second-order valence-electron chi connectivity index (χ2n) is 7.37. The molecule has 6 heteroatoms. The van der Waals surface area contributed by atoms with Gasteiger partial charge in [0, 0.05) is 22.8 Å². The van der Waals surface area contributed by atoms with Crippen molar-refractivity contribution in [1.82, 2.24) is 14.2 Å². The number of hydrogen-bond donors (Lipinski definition) is 0. The Labute approximate surface area is 183 Å². The molecule has 0 N–H and O–H groups in total. The fourth-order valence-electron chi connectivity index (χ4n) is 3.43. The minimum absolute atomic E-state index is 0.162. The summed E-state index contributed by atoms with van der Waals surface area (Å²) in [4.78, 5) is 17.8. The van der Waals surface area contributed by atoms with Crippen LogP contribution in [0.25, 0.3) is 16.6 Å². The zero-order valence-electron chi connectivity index (χ0n) is 17.3. The van der Waals surface area contributed by atoms with Gasteiger partial charge in [0.15, 0.2) is 0 Å². The smallest absolute Gasteiger partial charge is 0.282 e. The summed E-state index contributed by atoms with van der Waals surface area (Å²) in [5.41, 5.74) is 4.97. The zero-order valence-corrected chi connectivity index (χ0v) is 18.8. The van der Waals surface area contributed by atoms with Gasteiger partial charge in [0.05, 0.1) is 22.8 Å². The third kappa shape index (κ3) is 3.87. The van der Waals surface area contributed by atoms with Crippen LogP contribution < -0.4 is 5.56 Å². The number of aromatic nitrogens is 3. The lowest BCUT2D eigenvalue weighted by molar-refractivity contribution is 0.703. The molecule has 0 aliphatic carbocycles. The third-order valence-electron chi connectivity index (χ3n) is 5.20. The maximum atomic E-state index is 13.2. The maximum absolute atomic E-state index is 13.2. The highest BCUT2D eigenvalue weighted by Crippen LogP contribution is 2.18.